The maximum Gasteiger partial charge on any atom is 0.164 e. The lowest BCUT2D eigenvalue weighted by atomic mass is 10.1. The van der Waals surface area contributed by atoms with E-state index in [-0.39, 0.29) is 6.04 Å². The van der Waals surface area contributed by atoms with Gasteiger partial charge in [-0.05, 0) is 32.4 Å². The van der Waals surface area contributed by atoms with Crippen molar-refractivity contribution >= 4 is 11.6 Å². The molecule has 0 aliphatic carbocycles. The predicted molar refractivity (Wildman–Crippen MR) is 73.5 cm³/mol. The van der Waals surface area contributed by atoms with Gasteiger partial charge in [0.1, 0.15) is 5.82 Å². The highest BCUT2D eigenvalue weighted by Crippen LogP contribution is 2.26. The SMILES string of the molecule is Cc1ccc(-c2nnc(CN)n2C(C)C)cc1Cl. The van der Waals surface area contributed by atoms with E-state index in [1.54, 1.807) is 0 Å². The molecule has 0 saturated carbocycles. The molecular weight excluding hydrogens is 248 g/mol. The van der Waals surface area contributed by atoms with Crippen molar-refractivity contribution < 1.29 is 0 Å². The third-order valence-corrected chi connectivity index (χ3v) is 3.30. The molecule has 1 aromatic heterocycles. The molecule has 0 spiro atoms. The van der Waals surface area contributed by atoms with Gasteiger partial charge in [0.15, 0.2) is 5.82 Å². The van der Waals surface area contributed by atoms with Crippen LogP contribution in [0.3, 0.4) is 0 Å². The fraction of sp³-hybridized carbons (Fsp3) is 0.385. The van der Waals surface area contributed by atoms with Crippen LogP contribution in [0.2, 0.25) is 5.02 Å². The van der Waals surface area contributed by atoms with Gasteiger partial charge in [-0.3, -0.25) is 0 Å². The normalized spacial score (nSPS) is 11.2. The van der Waals surface area contributed by atoms with Crippen LogP contribution in [0.5, 0.6) is 0 Å². The Hall–Kier alpha value is -1.39. The number of hydrogen-bond acceptors (Lipinski definition) is 3. The summed E-state index contributed by atoms with van der Waals surface area (Å²) in [6.45, 7) is 6.53. The molecule has 0 atom stereocenters. The van der Waals surface area contributed by atoms with Gasteiger partial charge >= 0.3 is 0 Å². The van der Waals surface area contributed by atoms with E-state index in [0.29, 0.717) is 6.54 Å². The molecule has 1 heterocycles. The number of hydrogen-bond donors (Lipinski definition) is 1. The number of nitrogens with two attached hydrogens (primary N) is 1. The largest absolute Gasteiger partial charge is 0.324 e. The molecule has 0 unspecified atom stereocenters. The van der Waals surface area contributed by atoms with Gasteiger partial charge in [-0.2, -0.15) is 0 Å². The molecule has 5 heteroatoms. The minimum absolute atomic E-state index is 0.258. The highest BCUT2D eigenvalue weighted by Gasteiger charge is 2.15. The molecule has 0 bridgehead atoms. The van der Waals surface area contributed by atoms with Crippen LogP contribution >= 0.6 is 11.6 Å². The van der Waals surface area contributed by atoms with Crippen molar-refractivity contribution in [2.24, 2.45) is 5.73 Å². The van der Waals surface area contributed by atoms with Gasteiger partial charge in [0, 0.05) is 16.6 Å². The van der Waals surface area contributed by atoms with E-state index in [1.165, 1.54) is 0 Å². The van der Waals surface area contributed by atoms with E-state index in [2.05, 4.69) is 24.0 Å². The third-order valence-electron chi connectivity index (χ3n) is 2.90. The Morgan fingerprint density at radius 2 is 2.06 bits per heavy atom. The van der Waals surface area contributed by atoms with Crippen molar-refractivity contribution in [1.29, 1.82) is 0 Å². The monoisotopic (exact) mass is 264 g/mol. The second-order valence-corrected chi connectivity index (χ2v) is 4.98. The van der Waals surface area contributed by atoms with Crippen molar-refractivity contribution in [1.82, 2.24) is 14.8 Å². The Kier molecular flexibility index (Phi) is 3.68. The van der Waals surface area contributed by atoms with E-state index in [9.17, 15) is 0 Å². The fourth-order valence-electron chi connectivity index (χ4n) is 1.93. The van der Waals surface area contributed by atoms with Crippen molar-refractivity contribution in [2.45, 2.75) is 33.4 Å². The lowest BCUT2D eigenvalue weighted by Gasteiger charge is -2.13. The van der Waals surface area contributed by atoms with E-state index in [0.717, 1.165) is 27.8 Å². The number of benzene rings is 1. The summed E-state index contributed by atoms with van der Waals surface area (Å²) in [6.07, 6.45) is 0. The Labute approximate surface area is 112 Å². The van der Waals surface area contributed by atoms with Crippen LogP contribution < -0.4 is 5.73 Å². The van der Waals surface area contributed by atoms with Crippen LogP contribution in [0.15, 0.2) is 18.2 Å². The molecule has 2 N–H and O–H groups in total. The molecule has 2 aromatic rings. The maximum atomic E-state index is 6.15. The molecule has 4 nitrogen and oxygen atoms in total. The van der Waals surface area contributed by atoms with Crippen molar-refractivity contribution in [3.8, 4) is 11.4 Å². The lowest BCUT2D eigenvalue weighted by molar-refractivity contribution is 0.574. The molecule has 0 amide bonds. The molecular formula is C13H17ClN4. The maximum absolute atomic E-state index is 6.15. The van der Waals surface area contributed by atoms with Crippen LogP contribution in [-0.4, -0.2) is 14.8 Å². The second-order valence-electron chi connectivity index (χ2n) is 4.57. The average molecular weight is 265 g/mol. The van der Waals surface area contributed by atoms with E-state index in [4.69, 9.17) is 17.3 Å². The zero-order valence-corrected chi connectivity index (χ0v) is 11.6. The zero-order chi connectivity index (χ0) is 13.3. The average Bonchev–Trinajstić information content (AvgIpc) is 2.76. The summed E-state index contributed by atoms with van der Waals surface area (Å²) in [4.78, 5) is 0. The second kappa shape index (κ2) is 5.08. The Morgan fingerprint density at radius 1 is 1.33 bits per heavy atom. The first-order valence-electron chi connectivity index (χ1n) is 5.95. The summed E-state index contributed by atoms with van der Waals surface area (Å²) < 4.78 is 2.04. The molecule has 18 heavy (non-hydrogen) atoms. The van der Waals surface area contributed by atoms with Gasteiger partial charge in [0.05, 0.1) is 6.54 Å². The first kappa shape index (κ1) is 13.1. The topological polar surface area (TPSA) is 56.7 Å². The van der Waals surface area contributed by atoms with Crippen LogP contribution in [-0.2, 0) is 6.54 Å². The quantitative estimate of drug-likeness (QED) is 0.927. The van der Waals surface area contributed by atoms with Gasteiger partial charge in [-0.15, -0.1) is 10.2 Å². The first-order chi connectivity index (χ1) is 8.54. The highest BCUT2D eigenvalue weighted by atomic mass is 35.5. The van der Waals surface area contributed by atoms with Gasteiger partial charge in [0.2, 0.25) is 0 Å². The Bertz CT molecular complexity index is 560. The van der Waals surface area contributed by atoms with Gasteiger partial charge in [-0.1, -0.05) is 23.7 Å². The number of rotatable bonds is 3. The Balaban J connectivity index is 2.56. The van der Waals surface area contributed by atoms with Crippen LogP contribution in [0, 0.1) is 6.92 Å². The molecule has 0 saturated heterocycles. The predicted octanol–water partition coefficient (Wildman–Crippen LogP) is 2.95. The number of aromatic nitrogens is 3. The minimum atomic E-state index is 0.258. The van der Waals surface area contributed by atoms with Gasteiger partial charge in [-0.25, -0.2) is 0 Å². The summed E-state index contributed by atoms with van der Waals surface area (Å²) >= 11 is 6.15. The molecule has 0 aliphatic heterocycles. The van der Waals surface area contributed by atoms with Crippen LogP contribution in [0.1, 0.15) is 31.3 Å². The lowest BCUT2D eigenvalue weighted by Crippen LogP contribution is -2.11. The summed E-state index contributed by atoms with van der Waals surface area (Å²) in [7, 11) is 0. The minimum Gasteiger partial charge on any atom is -0.324 e. The number of aryl methyl sites for hydroxylation is 1. The van der Waals surface area contributed by atoms with E-state index < -0.39 is 0 Å². The molecule has 0 aliphatic rings. The van der Waals surface area contributed by atoms with Gasteiger partial charge < -0.3 is 10.3 Å². The molecule has 96 valence electrons. The van der Waals surface area contributed by atoms with Crippen LogP contribution in [0.25, 0.3) is 11.4 Å². The van der Waals surface area contributed by atoms with Crippen molar-refractivity contribution in [2.75, 3.05) is 0 Å². The first-order valence-corrected chi connectivity index (χ1v) is 6.32. The summed E-state index contributed by atoms with van der Waals surface area (Å²) in [5.41, 5.74) is 7.70. The van der Waals surface area contributed by atoms with Crippen molar-refractivity contribution in [3.63, 3.8) is 0 Å². The summed E-state index contributed by atoms with van der Waals surface area (Å²) in [5, 5.41) is 9.09. The molecule has 1 aromatic carbocycles. The summed E-state index contributed by atoms with van der Waals surface area (Å²) in [5.74, 6) is 1.60. The molecule has 0 fully saturated rings. The fourth-order valence-corrected chi connectivity index (χ4v) is 2.11. The summed E-state index contributed by atoms with van der Waals surface area (Å²) in [6, 6.07) is 6.16. The van der Waals surface area contributed by atoms with Crippen molar-refractivity contribution in [3.05, 3.63) is 34.6 Å². The third kappa shape index (κ3) is 2.26. The van der Waals surface area contributed by atoms with Gasteiger partial charge in [0.25, 0.3) is 0 Å². The molecule has 2 rings (SSSR count). The highest BCUT2D eigenvalue weighted by molar-refractivity contribution is 6.31. The number of halogens is 1. The Morgan fingerprint density at radius 3 is 2.61 bits per heavy atom. The molecule has 0 radical (unpaired) electrons. The van der Waals surface area contributed by atoms with E-state index in [1.807, 2.05) is 29.7 Å². The van der Waals surface area contributed by atoms with Crippen LogP contribution in [0.4, 0.5) is 0 Å². The number of nitrogens with zero attached hydrogens (tertiary/aromatic N) is 3. The zero-order valence-electron chi connectivity index (χ0n) is 10.8. The smallest absolute Gasteiger partial charge is 0.164 e. The standard InChI is InChI=1S/C13H17ClN4/c1-8(2)18-12(7-15)16-17-13(18)10-5-4-9(3)11(14)6-10/h4-6,8H,7,15H2,1-3H3. The van der Waals surface area contributed by atoms with E-state index >= 15 is 0 Å².